The molecule has 8 nitrogen and oxygen atoms in total. The third kappa shape index (κ3) is 3.18. The molecule has 21 heavy (non-hydrogen) atoms. The maximum atomic E-state index is 12.0. The number of benzene rings is 1. The van der Waals surface area contributed by atoms with Crippen LogP contribution in [-0.2, 0) is 4.79 Å². The topological polar surface area (TPSA) is 129 Å². The van der Waals surface area contributed by atoms with Crippen molar-refractivity contribution < 1.29 is 25.6 Å². The number of hydrogen-bond acceptors (Lipinski definition) is 6. The zero-order chi connectivity index (χ0) is 16.4. The molecule has 1 amide bonds. The molecule has 0 aliphatic heterocycles. The van der Waals surface area contributed by atoms with E-state index in [4.69, 9.17) is 10.9 Å². The van der Waals surface area contributed by atoms with E-state index < -0.39 is 29.1 Å². The van der Waals surface area contributed by atoms with Crippen LogP contribution in [0.3, 0.4) is 0 Å². The van der Waals surface area contributed by atoms with Crippen molar-refractivity contribution >= 4 is 22.8 Å². The highest BCUT2D eigenvalue weighted by atomic mass is 16.4. The van der Waals surface area contributed by atoms with Crippen molar-refractivity contribution in [2.45, 2.75) is 13.0 Å². The summed E-state index contributed by atoms with van der Waals surface area (Å²) in [4.78, 5) is 34.5. The molecule has 110 valence electrons. The summed E-state index contributed by atoms with van der Waals surface area (Å²) in [5, 5.41) is 18.4. The molecule has 0 unspecified atom stereocenters. The lowest BCUT2D eigenvalue weighted by Gasteiger charge is -2.10. The number of phenolic OH excluding ortho intramolecular Hbond substituents is 1. The Labute approximate surface area is 119 Å². The highest BCUT2D eigenvalue weighted by Crippen LogP contribution is 2.19. The predicted octanol–water partition coefficient (Wildman–Crippen LogP) is 0.206. The predicted molar refractivity (Wildman–Crippen MR) is 71.8 cm³/mol. The number of carbonyl (C=O) groups excluding carboxylic acids is 1. The van der Waals surface area contributed by atoms with E-state index in [9.17, 15) is 19.5 Å². The lowest BCUT2D eigenvalue weighted by atomic mass is 10.2. The molecular formula is C13H12N2O6. The van der Waals surface area contributed by atoms with Crippen LogP contribution in [0.25, 0.3) is 11.0 Å². The summed E-state index contributed by atoms with van der Waals surface area (Å²) < 4.78 is 12.4. The first-order valence-corrected chi connectivity index (χ1v) is 5.89. The van der Waals surface area contributed by atoms with Gasteiger partial charge >= 0.3 is 11.6 Å². The lowest BCUT2D eigenvalue weighted by molar-refractivity contribution is -0.139. The molecule has 8 heteroatoms. The van der Waals surface area contributed by atoms with Gasteiger partial charge in [-0.2, -0.15) is 0 Å². The Morgan fingerprint density at radius 3 is 2.76 bits per heavy atom. The zero-order valence-corrected chi connectivity index (χ0v) is 10.9. The van der Waals surface area contributed by atoms with Crippen LogP contribution in [0.1, 0.15) is 17.3 Å². The molecule has 0 spiro atoms. The fourth-order valence-electron chi connectivity index (χ4n) is 1.52. The molecule has 4 N–H and O–H groups in total. The first kappa shape index (κ1) is 13.1. The molecule has 0 aliphatic rings. The van der Waals surface area contributed by atoms with Crippen LogP contribution in [-0.4, -0.2) is 28.1 Å². The highest BCUT2D eigenvalue weighted by molar-refractivity contribution is 5.96. The molecule has 0 radical (unpaired) electrons. The zero-order valence-electron chi connectivity index (χ0n) is 11.9. The van der Waals surface area contributed by atoms with Crippen LogP contribution in [0.5, 0.6) is 5.75 Å². The summed E-state index contributed by atoms with van der Waals surface area (Å²) >= 11 is 0. The molecule has 1 aromatic heterocycles. The smallest absolute Gasteiger partial charge is 0.349 e. The Hall–Kier alpha value is -2.87. The van der Waals surface area contributed by atoms with Gasteiger partial charge < -0.3 is 14.6 Å². The average molecular weight is 293 g/mol. The van der Waals surface area contributed by atoms with Gasteiger partial charge in [-0.3, -0.25) is 15.0 Å². The standard InChI is InChI=1S/C13H12N2O6/c1-6(12(18)19)14-15-11(17)9-4-7-2-3-8(16)5-10(7)21-13(9)20/h2-6,14,16H,1H3,(H,15,17)(H,18,19)/t6-/m0/s1/i/hD. The number of hydrazine groups is 1. The quantitative estimate of drug-likeness (QED) is 0.468. The molecule has 0 fully saturated rings. The number of aromatic hydroxyl groups is 1. The van der Waals surface area contributed by atoms with Gasteiger partial charge in [0.25, 0.3) is 5.91 Å². The third-order valence-corrected chi connectivity index (χ3v) is 2.68. The second-order valence-corrected chi connectivity index (χ2v) is 4.28. The third-order valence-electron chi connectivity index (χ3n) is 2.68. The summed E-state index contributed by atoms with van der Waals surface area (Å²) in [5.74, 6) is -2.42. The van der Waals surface area contributed by atoms with E-state index in [1.807, 2.05) is 0 Å². The normalized spacial score (nSPS) is 12.7. The lowest BCUT2D eigenvalue weighted by Crippen LogP contribution is -2.47. The van der Waals surface area contributed by atoms with Crippen LogP contribution < -0.4 is 16.5 Å². The van der Waals surface area contributed by atoms with Crippen molar-refractivity contribution in [2.24, 2.45) is 0 Å². The summed E-state index contributed by atoms with van der Waals surface area (Å²) in [7, 11) is 0. The van der Waals surface area contributed by atoms with Gasteiger partial charge in [0.1, 0.15) is 22.9 Å². The average Bonchev–Trinajstić information content (AvgIpc) is 2.45. The van der Waals surface area contributed by atoms with Crippen LogP contribution in [0.2, 0.25) is 1.41 Å². The molecule has 2 aromatic rings. The number of amides is 1. The van der Waals surface area contributed by atoms with Gasteiger partial charge in [-0.1, -0.05) is 0 Å². The van der Waals surface area contributed by atoms with E-state index in [-0.39, 0.29) is 16.8 Å². The van der Waals surface area contributed by atoms with Crippen LogP contribution in [0.4, 0.5) is 0 Å². The van der Waals surface area contributed by atoms with Crippen LogP contribution in [0.15, 0.2) is 33.5 Å². The Kier molecular flexibility index (Phi) is 3.52. The number of rotatable bonds is 4. The largest absolute Gasteiger partial charge is 0.508 e. The minimum atomic E-state index is -1.26. The monoisotopic (exact) mass is 293 g/mol. The maximum absolute atomic E-state index is 12.0. The highest BCUT2D eigenvalue weighted by Gasteiger charge is 2.16. The number of fused-ring (bicyclic) bond motifs is 1. The van der Waals surface area contributed by atoms with Crippen molar-refractivity contribution in [3.63, 3.8) is 0 Å². The molecule has 0 saturated carbocycles. The molecule has 1 atom stereocenters. The summed E-state index contributed by atoms with van der Waals surface area (Å²) in [6, 6.07) is 4.02. The Balaban J connectivity index is 2.35. The molecule has 1 aromatic carbocycles. The van der Waals surface area contributed by atoms with Gasteiger partial charge in [0.05, 0.1) is 0 Å². The molecular weight excluding hydrogens is 280 g/mol. The Bertz CT molecular complexity index is 803. The SMILES string of the molecule is [2H]N(N[C@@H](C)C(=O)O)C(=O)c1cc2ccc(O)cc2oc1=O. The van der Waals surface area contributed by atoms with E-state index in [1.165, 1.54) is 31.2 Å². The van der Waals surface area contributed by atoms with Gasteiger partial charge in [-0.05, 0) is 25.1 Å². The number of hydrogen-bond donors (Lipinski definition) is 4. The van der Waals surface area contributed by atoms with Gasteiger partial charge in [-0.15, -0.1) is 0 Å². The summed E-state index contributed by atoms with van der Waals surface area (Å²) in [6.45, 7) is 1.24. The van der Waals surface area contributed by atoms with Crippen molar-refractivity contribution in [3.8, 4) is 5.75 Å². The van der Waals surface area contributed by atoms with Gasteiger partial charge in [0.15, 0.2) is 1.41 Å². The number of carbonyl (C=O) groups is 2. The van der Waals surface area contributed by atoms with Crippen LogP contribution >= 0.6 is 0 Å². The molecule has 0 aliphatic carbocycles. The van der Waals surface area contributed by atoms with Crippen molar-refractivity contribution in [2.75, 3.05) is 0 Å². The number of nitrogens with one attached hydrogen (secondary N) is 2. The van der Waals surface area contributed by atoms with Gasteiger partial charge in [-0.25, -0.2) is 10.2 Å². The van der Waals surface area contributed by atoms with Crippen LogP contribution in [0, 0.1) is 0 Å². The minimum Gasteiger partial charge on any atom is -0.508 e. The number of carboxylic acids is 1. The second kappa shape index (κ2) is 5.63. The number of carboxylic acid groups (broad SMARTS) is 1. The van der Waals surface area contributed by atoms with Crippen molar-refractivity contribution in [3.05, 3.63) is 40.2 Å². The Morgan fingerprint density at radius 2 is 2.10 bits per heavy atom. The maximum Gasteiger partial charge on any atom is 0.349 e. The van der Waals surface area contributed by atoms with E-state index in [0.29, 0.717) is 5.39 Å². The Morgan fingerprint density at radius 1 is 1.38 bits per heavy atom. The van der Waals surface area contributed by atoms with E-state index in [2.05, 4.69) is 5.43 Å². The van der Waals surface area contributed by atoms with Gasteiger partial charge in [0.2, 0.25) is 0 Å². The van der Waals surface area contributed by atoms with Crippen molar-refractivity contribution in [1.82, 2.24) is 10.8 Å². The van der Waals surface area contributed by atoms with Gasteiger partial charge in [0, 0.05) is 11.5 Å². The number of phenols is 1. The van der Waals surface area contributed by atoms with E-state index in [0.717, 1.165) is 0 Å². The van der Waals surface area contributed by atoms with Crippen molar-refractivity contribution in [1.29, 1.82) is 0 Å². The van der Waals surface area contributed by atoms with E-state index >= 15 is 0 Å². The van der Waals surface area contributed by atoms with E-state index in [1.54, 1.807) is 0 Å². The number of aliphatic carboxylic acids is 1. The first-order valence-electron chi connectivity index (χ1n) is 6.33. The second-order valence-electron chi connectivity index (χ2n) is 4.28. The fourth-order valence-corrected chi connectivity index (χ4v) is 1.52. The fraction of sp³-hybridized carbons (Fsp3) is 0.154. The first-order chi connectivity index (χ1) is 10.3. The summed E-state index contributed by atoms with van der Waals surface area (Å²) in [6.07, 6.45) is 0. The summed E-state index contributed by atoms with van der Waals surface area (Å²) in [5.41, 5.74) is 0.917. The molecule has 1 heterocycles. The molecule has 2 rings (SSSR count). The molecule has 0 saturated heterocycles. The molecule has 0 bridgehead atoms. The minimum absolute atomic E-state index is 0.0879.